The Morgan fingerprint density at radius 1 is 1.31 bits per heavy atom. The molecule has 0 unspecified atom stereocenters. The summed E-state index contributed by atoms with van der Waals surface area (Å²) in [5.41, 5.74) is 1.50. The molecule has 0 spiro atoms. The molecule has 0 saturated carbocycles. The summed E-state index contributed by atoms with van der Waals surface area (Å²) in [6.07, 6.45) is 2.73. The van der Waals surface area contributed by atoms with Gasteiger partial charge in [-0.3, -0.25) is 9.69 Å². The third-order valence-corrected chi connectivity index (χ3v) is 5.61. The lowest BCUT2D eigenvalue weighted by Crippen LogP contribution is -2.27. The van der Waals surface area contributed by atoms with Crippen molar-refractivity contribution in [2.24, 2.45) is 0 Å². The molecule has 26 heavy (non-hydrogen) atoms. The van der Waals surface area contributed by atoms with E-state index in [0.29, 0.717) is 26.5 Å². The molecule has 1 saturated heterocycles. The van der Waals surface area contributed by atoms with Crippen LogP contribution in [0.1, 0.15) is 18.9 Å². The van der Waals surface area contributed by atoms with Gasteiger partial charge in [0.15, 0.2) is 4.32 Å². The van der Waals surface area contributed by atoms with Crippen LogP contribution in [0.3, 0.4) is 0 Å². The molecule has 2 aromatic carbocycles. The first-order valence-corrected chi connectivity index (χ1v) is 10.3. The standard InChI is InChI=1S/C19H15BrClNO2S2/c1-2-8-24-16-7-6-13(20)9-12(16)10-17-18(23)22(19(25)26-17)15-5-3-4-14(21)11-15/h3-7,9-11H,2,8H2,1H3/b17-10-. The highest BCUT2D eigenvalue weighted by atomic mass is 79.9. The van der Waals surface area contributed by atoms with Crippen LogP contribution in [0.4, 0.5) is 5.69 Å². The summed E-state index contributed by atoms with van der Waals surface area (Å²) in [4.78, 5) is 14.9. The second-order valence-electron chi connectivity index (χ2n) is 5.53. The highest BCUT2D eigenvalue weighted by Crippen LogP contribution is 2.38. The van der Waals surface area contributed by atoms with Crippen LogP contribution < -0.4 is 9.64 Å². The third kappa shape index (κ3) is 4.31. The highest BCUT2D eigenvalue weighted by Gasteiger charge is 2.33. The molecule has 0 atom stereocenters. The van der Waals surface area contributed by atoms with Gasteiger partial charge in [-0.1, -0.05) is 64.5 Å². The molecule has 1 aliphatic rings. The number of hydrogen-bond acceptors (Lipinski definition) is 4. The molecule has 7 heteroatoms. The van der Waals surface area contributed by atoms with Crippen molar-refractivity contribution in [1.82, 2.24) is 0 Å². The van der Waals surface area contributed by atoms with Gasteiger partial charge in [-0.25, -0.2) is 0 Å². The van der Waals surface area contributed by atoms with Crippen LogP contribution >= 0.6 is 51.5 Å². The Morgan fingerprint density at radius 3 is 2.85 bits per heavy atom. The Kier molecular flexibility index (Phi) is 6.40. The molecule has 0 bridgehead atoms. The number of anilines is 1. The average molecular weight is 469 g/mol. The van der Waals surface area contributed by atoms with Crippen LogP contribution in [0.25, 0.3) is 6.08 Å². The second-order valence-corrected chi connectivity index (χ2v) is 8.56. The fourth-order valence-electron chi connectivity index (χ4n) is 2.42. The molecule has 0 N–H and O–H groups in total. The van der Waals surface area contributed by atoms with Crippen LogP contribution in [0.15, 0.2) is 51.8 Å². The molecule has 1 aliphatic heterocycles. The molecule has 1 fully saturated rings. The molecule has 2 aromatic rings. The molecule has 0 aromatic heterocycles. The van der Waals surface area contributed by atoms with E-state index in [1.165, 1.54) is 16.7 Å². The second kappa shape index (κ2) is 8.57. The van der Waals surface area contributed by atoms with E-state index in [0.717, 1.165) is 22.2 Å². The van der Waals surface area contributed by atoms with Crippen LogP contribution in [0.2, 0.25) is 5.02 Å². The van der Waals surface area contributed by atoms with Gasteiger partial charge in [0.05, 0.1) is 17.2 Å². The summed E-state index contributed by atoms with van der Waals surface area (Å²) in [6.45, 7) is 2.67. The van der Waals surface area contributed by atoms with E-state index in [1.807, 2.05) is 30.3 Å². The largest absolute Gasteiger partial charge is 0.493 e. The van der Waals surface area contributed by atoms with Crippen LogP contribution in [-0.2, 0) is 4.79 Å². The lowest BCUT2D eigenvalue weighted by molar-refractivity contribution is -0.113. The first kappa shape index (κ1) is 19.4. The minimum Gasteiger partial charge on any atom is -0.493 e. The number of ether oxygens (including phenoxy) is 1. The first-order valence-electron chi connectivity index (χ1n) is 7.95. The van der Waals surface area contributed by atoms with Gasteiger partial charge < -0.3 is 4.74 Å². The molecule has 3 nitrogen and oxygen atoms in total. The molecule has 134 valence electrons. The van der Waals surface area contributed by atoms with Crippen LogP contribution in [0, 0.1) is 0 Å². The monoisotopic (exact) mass is 467 g/mol. The van der Waals surface area contributed by atoms with Crippen LogP contribution in [0.5, 0.6) is 5.75 Å². The van der Waals surface area contributed by atoms with Gasteiger partial charge in [0, 0.05) is 15.1 Å². The van der Waals surface area contributed by atoms with Crippen molar-refractivity contribution < 1.29 is 9.53 Å². The van der Waals surface area contributed by atoms with Crippen molar-refractivity contribution in [3.63, 3.8) is 0 Å². The zero-order valence-electron chi connectivity index (χ0n) is 13.9. The summed E-state index contributed by atoms with van der Waals surface area (Å²) >= 11 is 16.2. The lowest BCUT2D eigenvalue weighted by atomic mass is 10.2. The number of thiocarbonyl (C=S) groups is 1. The van der Waals surface area contributed by atoms with E-state index in [2.05, 4.69) is 22.9 Å². The fraction of sp³-hybridized carbons (Fsp3) is 0.158. The van der Waals surface area contributed by atoms with Gasteiger partial charge in [0.2, 0.25) is 0 Å². The minimum absolute atomic E-state index is 0.163. The molecular formula is C19H15BrClNO2S2. The summed E-state index contributed by atoms with van der Waals surface area (Å²) in [5, 5.41) is 0.558. The predicted octanol–water partition coefficient (Wildman–Crippen LogP) is 6.30. The molecule has 1 amide bonds. The quantitative estimate of drug-likeness (QED) is 0.380. The number of benzene rings is 2. The van der Waals surface area contributed by atoms with Gasteiger partial charge in [0.1, 0.15) is 5.75 Å². The number of carbonyl (C=O) groups excluding carboxylic acids is 1. The summed E-state index contributed by atoms with van der Waals surface area (Å²) in [7, 11) is 0. The van der Waals surface area contributed by atoms with E-state index in [1.54, 1.807) is 18.2 Å². The highest BCUT2D eigenvalue weighted by molar-refractivity contribution is 9.10. The number of thioether (sulfide) groups is 1. The molecule has 0 radical (unpaired) electrons. The SMILES string of the molecule is CCCOc1ccc(Br)cc1/C=C1\SC(=S)N(c2cccc(Cl)c2)C1=O. The Labute approximate surface area is 175 Å². The Morgan fingerprint density at radius 2 is 2.12 bits per heavy atom. The van der Waals surface area contributed by atoms with Crippen molar-refractivity contribution >= 4 is 73.5 Å². The Balaban J connectivity index is 1.94. The number of rotatable bonds is 5. The van der Waals surface area contributed by atoms with Crippen molar-refractivity contribution in [1.29, 1.82) is 0 Å². The van der Waals surface area contributed by atoms with E-state index >= 15 is 0 Å². The van der Waals surface area contributed by atoms with Gasteiger partial charge in [-0.2, -0.15) is 0 Å². The molecule has 0 aliphatic carbocycles. The summed E-state index contributed by atoms with van der Waals surface area (Å²) < 4.78 is 7.19. The number of carbonyl (C=O) groups is 1. The summed E-state index contributed by atoms with van der Waals surface area (Å²) in [5.74, 6) is 0.576. The maximum absolute atomic E-state index is 12.9. The topological polar surface area (TPSA) is 29.5 Å². The van der Waals surface area contributed by atoms with E-state index in [9.17, 15) is 4.79 Å². The molecule has 3 rings (SSSR count). The number of halogens is 2. The van der Waals surface area contributed by atoms with Gasteiger partial charge in [-0.15, -0.1) is 0 Å². The zero-order chi connectivity index (χ0) is 18.7. The van der Waals surface area contributed by atoms with Gasteiger partial charge in [0.25, 0.3) is 5.91 Å². The number of nitrogens with zero attached hydrogens (tertiary/aromatic N) is 1. The smallest absolute Gasteiger partial charge is 0.270 e. The molecular weight excluding hydrogens is 454 g/mol. The summed E-state index contributed by atoms with van der Waals surface area (Å²) in [6, 6.07) is 12.8. The van der Waals surface area contributed by atoms with Crippen molar-refractivity contribution in [2.45, 2.75) is 13.3 Å². The van der Waals surface area contributed by atoms with Crippen molar-refractivity contribution in [2.75, 3.05) is 11.5 Å². The van der Waals surface area contributed by atoms with E-state index in [4.69, 9.17) is 28.6 Å². The predicted molar refractivity (Wildman–Crippen MR) is 117 cm³/mol. The van der Waals surface area contributed by atoms with Crippen molar-refractivity contribution in [3.8, 4) is 5.75 Å². The average Bonchev–Trinajstić information content (AvgIpc) is 2.88. The lowest BCUT2D eigenvalue weighted by Gasteiger charge is -2.14. The Bertz CT molecular complexity index is 901. The minimum atomic E-state index is -0.163. The Hall–Kier alpha value is -1.34. The van der Waals surface area contributed by atoms with E-state index in [-0.39, 0.29) is 5.91 Å². The fourth-order valence-corrected chi connectivity index (χ4v) is 4.28. The van der Waals surface area contributed by atoms with Gasteiger partial charge >= 0.3 is 0 Å². The zero-order valence-corrected chi connectivity index (χ0v) is 17.8. The molecule has 1 heterocycles. The maximum Gasteiger partial charge on any atom is 0.270 e. The first-order chi connectivity index (χ1) is 12.5. The number of hydrogen-bond donors (Lipinski definition) is 0. The van der Waals surface area contributed by atoms with Gasteiger partial charge in [-0.05, 0) is 48.9 Å². The van der Waals surface area contributed by atoms with Crippen LogP contribution in [-0.4, -0.2) is 16.8 Å². The van der Waals surface area contributed by atoms with E-state index < -0.39 is 0 Å². The van der Waals surface area contributed by atoms with Crippen molar-refractivity contribution in [3.05, 3.63) is 62.4 Å². The number of amides is 1. The third-order valence-electron chi connectivity index (χ3n) is 3.58. The maximum atomic E-state index is 12.9. The normalized spacial score (nSPS) is 15.8.